The zero-order valence-electron chi connectivity index (χ0n) is 11.1. The van der Waals surface area contributed by atoms with Crippen molar-refractivity contribution in [2.75, 3.05) is 6.54 Å². The third-order valence-electron chi connectivity index (χ3n) is 2.64. The van der Waals surface area contributed by atoms with Gasteiger partial charge in [-0.3, -0.25) is 0 Å². The molecule has 1 aromatic rings. The van der Waals surface area contributed by atoms with Crippen LogP contribution in [0.3, 0.4) is 0 Å². The van der Waals surface area contributed by atoms with Gasteiger partial charge in [0.25, 0.3) is 0 Å². The molecule has 102 valence electrons. The van der Waals surface area contributed by atoms with E-state index < -0.39 is 0 Å². The summed E-state index contributed by atoms with van der Waals surface area (Å²) in [6.45, 7) is 6.80. The number of rotatable bonds is 6. The number of aromatic nitrogens is 1. The van der Waals surface area contributed by atoms with Crippen LogP contribution in [-0.4, -0.2) is 28.8 Å². The first kappa shape index (κ1) is 14.9. The minimum absolute atomic E-state index is 0.205. The monoisotopic (exact) mass is 271 g/mol. The van der Waals surface area contributed by atoms with Crippen molar-refractivity contribution in [2.45, 2.75) is 46.3 Å². The molecule has 0 radical (unpaired) electrons. The smallest absolute Gasteiger partial charge is 0.315 e. The topological polar surface area (TPSA) is 74.2 Å². The van der Waals surface area contributed by atoms with Gasteiger partial charge in [-0.15, -0.1) is 11.3 Å². The fourth-order valence-electron chi connectivity index (χ4n) is 1.52. The van der Waals surface area contributed by atoms with Crippen molar-refractivity contribution in [3.8, 4) is 0 Å². The molecule has 1 aromatic heterocycles. The van der Waals surface area contributed by atoms with Crippen molar-refractivity contribution in [3.05, 3.63) is 15.6 Å². The molecule has 18 heavy (non-hydrogen) atoms. The Labute approximate surface area is 112 Å². The van der Waals surface area contributed by atoms with Crippen LogP contribution in [0.15, 0.2) is 0 Å². The summed E-state index contributed by atoms with van der Waals surface area (Å²) in [5.41, 5.74) is 0.971. The lowest BCUT2D eigenvalue weighted by Gasteiger charge is -2.09. The second-order valence-corrected chi connectivity index (χ2v) is 5.49. The Kier molecular flexibility index (Phi) is 6.07. The van der Waals surface area contributed by atoms with Crippen LogP contribution in [0.4, 0.5) is 4.79 Å². The van der Waals surface area contributed by atoms with Crippen molar-refractivity contribution < 1.29 is 9.90 Å². The van der Waals surface area contributed by atoms with E-state index in [0.717, 1.165) is 15.6 Å². The van der Waals surface area contributed by atoms with Crippen LogP contribution in [0.5, 0.6) is 0 Å². The van der Waals surface area contributed by atoms with Crippen molar-refractivity contribution in [1.82, 2.24) is 15.6 Å². The molecule has 3 N–H and O–H groups in total. The zero-order valence-corrected chi connectivity index (χ0v) is 11.9. The Morgan fingerprint density at radius 2 is 2.17 bits per heavy atom. The second kappa shape index (κ2) is 7.33. The quantitative estimate of drug-likeness (QED) is 0.737. The number of aliphatic hydroxyl groups is 1. The number of carbonyl (C=O) groups excluding carboxylic acids is 1. The Balaban J connectivity index is 2.23. The molecule has 1 rings (SSSR count). The highest BCUT2D eigenvalue weighted by Crippen LogP contribution is 2.16. The van der Waals surface area contributed by atoms with E-state index in [9.17, 15) is 9.90 Å². The lowest BCUT2D eigenvalue weighted by molar-refractivity contribution is 0.160. The first-order valence-electron chi connectivity index (χ1n) is 6.15. The summed E-state index contributed by atoms with van der Waals surface area (Å²) in [4.78, 5) is 16.9. The van der Waals surface area contributed by atoms with Crippen LogP contribution in [0.25, 0.3) is 0 Å². The van der Waals surface area contributed by atoms with Crippen LogP contribution in [0.1, 0.15) is 35.3 Å². The Morgan fingerprint density at radius 3 is 2.72 bits per heavy atom. The number of nitrogens with one attached hydrogen (secondary N) is 2. The highest BCUT2D eigenvalue weighted by Gasteiger charge is 2.07. The van der Waals surface area contributed by atoms with Crippen molar-refractivity contribution in [3.63, 3.8) is 0 Å². The predicted molar refractivity (Wildman–Crippen MR) is 72.7 cm³/mol. The fourth-order valence-corrected chi connectivity index (χ4v) is 2.39. The summed E-state index contributed by atoms with van der Waals surface area (Å²) in [7, 11) is 0. The number of amides is 2. The summed E-state index contributed by atoms with van der Waals surface area (Å²) in [5, 5.41) is 15.9. The predicted octanol–water partition coefficient (Wildman–Crippen LogP) is 1.72. The SMILES string of the molecule is CCC(O)CCNC(=O)NCc1sc(C)nc1C. The fraction of sp³-hybridized carbons (Fsp3) is 0.667. The minimum Gasteiger partial charge on any atom is -0.393 e. The van der Waals surface area contributed by atoms with Gasteiger partial charge in [0.05, 0.1) is 23.4 Å². The molecule has 1 heterocycles. The first-order valence-corrected chi connectivity index (χ1v) is 6.97. The molecule has 0 aliphatic carbocycles. The van der Waals surface area contributed by atoms with E-state index in [1.165, 1.54) is 0 Å². The standard InChI is InChI=1S/C12H21N3O2S/c1-4-10(16)5-6-13-12(17)14-7-11-8(2)15-9(3)18-11/h10,16H,4-7H2,1-3H3,(H2,13,14,17). The van der Waals surface area contributed by atoms with E-state index in [2.05, 4.69) is 15.6 Å². The number of thiazole rings is 1. The maximum absolute atomic E-state index is 11.5. The lowest BCUT2D eigenvalue weighted by atomic mass is 10.2. The number of urea groups is 1. The van der Waals surface area contributed by atoms with E-state index in [1.54, 1.807) is 11.3 Å². The van der Waals surface area contributed by atoms with Gasteiger partial charge in [0.2, 0.25) is 0 Å². The molecule has 6 heteroatoms. The molecule has 0 aliphatic rings. The van der Waals surface area contributed by atoms with E-state index in [4.69, 9.17) is 0 Å². The van der Waals surface area contributed by atoms with Crippen molar-refractivity contribution in [2.24, 2.45) is 0 Å². The number of carbonyl (C=O) groups is 1. The van der Waals surface area contributed by atoms with E-state index in [1.807, 2.05) is 20.8 Å². The third-order valence-corrected chi connectivity index (χ3v) is 3.72. The van der Waals surface area contributed by atoms with Gasteiger partial charge < -0.3 is 15.7 Å². The number of aliphatic hydroxyl groups excluding tert-OH is 1. The molecule has 0 saturated carbocycles. The van der Waals surface area contributed by atoms with E-state index in [0.29, 0.717) is 25.9 Å². The Bertz CT molecular complexity index is 393. The van der Waals surface area contributed by atoms with Gasteiger partial charge in [0, 0.05) is 11.4 Å². The zero-order chi connectivity index (χ0) is 13.5. The van der Waals surface area contributed by atoms with Gasteiger partial charge in [-0.1, -0.05) is 6.92 Å². The van der Waals surface area contributed by atoms with E-state index >= 15 is 0 Å². The van der Waals surface area contributed by atoms with Gasteiger partial charge in [0.15, 0.2) is 0 Å². The summed E-state index contributed by atoms with van der Waals surface area (Å²) < 4.78 is 0. The maximum atomic E-state index is 11.5. The molecule has 0 bridgehead atoms. The van der Waals surface area contributed by atoms with Gasteiger partial charge >= 0.3 is 6.03 Å². The first-order chi connectivity index (χ1) is 8.52. The minimum atomic E-state index is -0.336. The summed E-state index contributed by atoms with van der Waals surface area (Å²) in [6.07, 6.45) is 0.960. The van der Waals surface area contributed by atoms with Crippen LogP contribution in [0, 0.1) is 13.8 Å². The van der Waals surface area contributed by atoms with Crippen molar-refractivity contribution >= 4 is 17.4 Å². The van der Waals surface area contributed by atoms with Gasteiger partial charge in [-0.05, 0) is 26.7 Å². The highest BCUT2D eigenvalue weighted by molar-refractivity contribution is 7.11. The van der Waals surface area contributed by atoms with Crippen LogP contribution in [-0.2, 0) is 6.54 Å². The van der Waals surface area contributed by atoms with E-state index in [-0.39, 0.29) is 12.1 Å². The molecule has 0 fully saturated rings. The number of hydrogen-bond acceptors (Lipinski definition) is 4. The summed E-state index contributed by atoms with van der Waals surface area (Å²) >= 11 is 1.60. The molecule has 0 saturated heterocycles. The molecule has 1 atom stereocenters. The number of nitrogens with zero attached hydrogens (tertiary/aromatic N) is 1. The molecule has 0 spiro atoms. The highest BCUT2D eigenvalue weighted by atomic mass is 32.1. The van der Waals surface area contributed by atoms with Gasteiger partial charge in [0.1, 0.15) is 0 Å². The number of hydrogen-bond donors (Lipinski definition) is 3. The summed E-state index contributed by atoms with van der Waals surface area (Å²) in [5.74, 6) is 0. The maximum Gasteiger partial charge on any atom is 0.315 e. The van der Waals surface area contributed by atoms with Gasteiger partial charge in [-0.25, -0.2) is 9.78 Å². The molecular weight excluding hydrogens is 250 g/mol. The molecule has 0 aliphatic heterocycles. The largest absolute Gasteiger partial charge is 0.393 e. The van der Waals surface area contributed by atoms with Crippen molar-refractivity contribution in [1.29, 1.82) is 0 Å². The molecule has 0 aromatic carbocycles. The molecule has 1 unspecified atom stereocenters. The Morgan fingerprint density at radius 1 is 1.44 bits per heavy atom. The second-order valence-electron chi connectivity index (χ2n) is 4.20. The number of aryl methyl sites for hydroxylation is 2. The molecule has 5 nitrogen and oxygen atoms in total. The third kappa shape index (κ3) is 5.01. The van der Waals surface area contributed by atoms with Crippen LogP contribution >= 0.6 is 11.3 Å². The van der Waals surface area contributed by atoms with Gasteiger partial charge in [-0.2, -0.15) is 0 Å². The normalized spacial score (nSPS) is 12.2. The molecule has 2 amide bonds. The Hall–Kier alpha value is -1.14. The van der Waals surface area contributed by atoms with Crippen LogP contribution < -0.4 is 10.6 Å². The average Bonchev–Trinajstić information content (AvgIpc) is 2.65. The van der Waals surface area contributed by atoms with Crippen LogP contribution in [0.2, 0.25) is 0 Å². The molecular formula is C12H21N3O2S. The average molecular weight is 271 g/mol. The summed E-state index contributed by atoms with van der Waals surface area (Å²) in [6, 6.07) is -0.205. The lowest BCUT2D eigenvalue weighted by Crippen LogP contribution is -2.36.